The van der Waals surface area contributed by atoms with E-state index >= 15 is 0 Å². The highest BCUT2D eigenvalue weighted by Crippen LogP contribution is 2.30. The number of benzene rings is 1. The topological polar surface area (TPSA) is 57.6 Å². The highest BCUT2D eigenvalue weighted by molar-refractivity contribution is 5.94. The molecule has 0 spiro atoms. The third-order valence-corrected chi connectivity index (χ3v) is 2.53. The Balaban J connectivity index is 3.00. The molecule has 0 aliphatic carbocycles. The molecule has 0 saturated heterocycles. The SMILES string of the molecule is CN(CCC(=O)O)C(=O)c1cc(C(F)(F)F)ccc1F. The summed E-state index contributed by atoms with van der Waals surface area (Å²) in [6.45, 7) is -0.232. The maximum Gasteiger partial charge on any atom is 0.416 e. The maximum atomic E-state index is 13.4. The summed E-state index contributed by atoms with van der Waals surface area (Å²) in [5.74, 6) is -3.27. The van der Waals surface area contributed by atoms with Crippen molar-refractivity contribution in [1.29, 1.82) is 0 Å². The summed E-state index contributed by atoms with van der Waals surface area (Å²) in [5.41, 5.74) is -1.89. The van der Waals surface area contributed by atoms with Crippen LogP contribution in [0, 0.1) is 5.82 Å². The zero-order valence-corrected chi connectivity index (χ0v) is 10.4. The van der Waals surface area contributed by atoms with Crippen LogP contribution in [0.3, 0.4) is 0 Å². The number of alkyl halides is 3. The van der Waals surface area contributed by atoms with Crippen molar-refractivity contribution < 1.29 is 32.3 Å². The van der Waals surface area contributed by atoms with Gasteiger partial charge in [0.2, 0.25) is 0 Å². The van der Waals surface area contributed by atoms with Crippen molar-refractivity contribution in [1.82, 2.24) is 4.90 Å². The predicted molar refractivity (Wildman–Crippen MR) is 60.6 cm³/mol. The predicted octanol–water partition coefficient (Wildman–Crippen LogP) is 2.39. The first-order chi connectivity index (χ1) is 9.12. The molecule has 1 amide bonds. The number of halogens is 4. The van der Waals surface area contributed by atoms with Gasteiger partial charge < -0.3 is 10.0 Å². The van der Waals surface area contributed by atoms with Gasteiger partial charge in [-0.3, -0.25) is 9.59 Å². The number of carboxylic acids is 1. The summed E-state index contributed by atoms with van der Waals surface area (Å²) in [5, 5.41) is 8.46. The molecule has 4 nitrogen and oxygen atoms in total. The molecule has 0 bridgehead atoms. The van der Waals surface area contributed by atoms with Gasteiger partial charge in [0.25, 0.3) is 5.91 Å². The second-order valence-corrected chi connectivity index (χ2v) is 4.06. The molecular formula is C12H11F4NO3. The lowest BCUT2D eigenvalue weighted by molar-refractivity contribution is -0.138. The van der Waals surface area contributed by atoms with Crippen LogP contribution in [0.15, 0.2) is 18.2 Å². The molecule has 0 heterocycles. The molecule has 1 rings (SSSR count). The number of aliphatic carboxylic acids is 1. The monoisotopic (exact) mass is 293 g/mol. The van der Waals surface area contributed by atoms with E-state index in [2.05, 4.69) is 0 Å². The summed E-state index contributed by atoms with van der Waals surface area (Å²) in [4.78, 5) is 23.0. The smallest absolute Gasteiger partial charge is 0.416 e. The molecule has 1 N–H and O–H groups in total. The van der Waals surface area contributed by atoms with Gasteiger partial charge in [0.05, 0.1) is 17.5 Å². The summed E-state index contributed by atoms with van der Waals surface area (Å²) < 4.78 is 50.9. The van der Waals surface area contributed by atoms with Gasteiger partial charge in [-0.05, 0) is 18.2 Å². The normalized spacial score (nSPS) is 11.2. The Kier molecular flexibility index (Phi) is 4.69. The number of rotatable bonds is 4. The number of carbonyl (C=O) groups is 2. The molecule has 0 radical (unpaired) electrons. The van der Waals surface area contributed by atoms with Gasteiger partial charge in [-0.25, -0.2) is 4.39 Å². The van der Waals surface area contributed by atoms with Crippen molar-refractivity contribution in [3.8, 4) is 0 Å². The number of carbonyl (C=O) groups excluding carboxylic acids is 1. The van der Waals surface area contributed by atoms with E-state index in [-0.39, 0.29) is 13.0 Å². The highest BCUT2D eigenvalue weighted by atomic mass is 19.4. The molecule has 0 unspecified atom stereocenters. The van der Waals surface area contributed by atoms with E-state index in [1.54, 1.807) is 0 Å². The van der Waals surface area contributed by atoms with Crippen molar-refractivity contribution >= 4 is 11.9 Å². The third kappa shape index (κ3) is 3.94. The quantitative estimate of drug-likeness (QED) is 0.867. The fraction of sp³-hybridized carbons (Fsp3) is 0.333. The Hall–Kier alpha value is -2.12. The Bertz CT molecular complexity index is 528. The van der Waals surface area contributed by atoms with Crippen LogP contribution in [0.2, 0.25) is 0 Å². The number of hydrogen-bond acceptors (Lipinski definition) is 2. The first-order valence-corrected chi connectivity index (χ1v) is 5.47. The van der Waals surface area contributed by atoms with Crippen LogP contribution in [-0.4, -0.2) is 35.5 Å². The molecule has 110 valence electrons. The lowest BCUT2D eigenvalue weighted by atomic mass is 10.1. The Morgan fingerprint density at radius 2 is 1.90 bits per heavy atom. The summed E-state index contributed by atoms with van der Waals surface area (Å²) in [6, 6.07) is 1.50. The number of hydrogen-bond donors (Lipinski definition) is 1. The maximum absolute atomic E-state index is 13.4. The van der Waals surface area contributed by atoms with Crippen molar-refractivity contribution in [2.45, 2.75) is 12.6 Å². The van der Waals surface area contributed by atoms with Gasteiger partial charge >= 0.3 is 12.1 Å². The van der Waals surface area contributed by atoms with Crippen LogP contribution in [0.1, 0.15) is 22.3 Å². The first kappa shape index (κ1) is 15.9. The standard InChI is InChI=1S/C12H11F4NO3/c1-17(5-4-10(18)19)11(20)8-6-7(12(14,15)16)2-3-9(8)13/h2-3,6H,4-5H2,1H3,(H,18,19). The minimum Gasteiger partial charge on any atom is -0.481 e. The van der Waals surface area contributed by atoms with E-state index in [0.29, 0.717) is 18.2 Å². The minimum atomic E-state index is -4.69. The van der Waals surface area contributed by atoms with E-state index in [9.17, 15) is 27.2 Å². The van der Waals surface area contributed by atoms with E-state index in [4.69, 9.17) is 5.11 Å². The van der Waals surface area contributed by atoms with Crippen LogP contribution < -0.4 is 0 Å². The molecular weight excluding hydrogens is 282 g/mol. The van der Waals surface area contributed by atoms with Crippen LogP contribution in [-0.2, 0) is 11.0 Å². The Labute approximate surface area is 111 Å². The lowest BCUT2D eigenvalue weighted by Gasteiger charge is -2.17. The van der Waals surface area contributed by atoms with Crippen LogP contribution in [0.25, 0.3) is 0 Å². The molecule has 0 fully saturated rings. The molecule has 0 atom stereocenters. The average molecular weight is 293 g/mol. The van der Waals surface area contributed by atoms with Crippen molar-refractivity contribution in [2.75, 3.05) is 13.6 Å². The largest absolute Gasteiger partial charge is 0.481 e. The highest BCUT2D eigenvalue weighted by Gasteiger charge is 2.32. The molecule has 1 aromatic rings. The van der Waals surface area contributed by atoms with Gasteiger partial charge in [0.1, 0.15) is 5.82 Å². The van der Waals surface area contributed by atoms with E-state index in [0.717, 1.165) is 4.90 Å². The zero-order chi connectivity index (χ0) is 15.5. The van der Waals surface area contributed by atoms with Gasteiger partial charge in [0, 0.05) is 13.6 Å². The first-order valence-electron chi connectivity index (χ1n) is 5.47. The molecule has 0 aliphatic heterocycles. The van der Waals surface area contributed by atoms with Crippen LogP contribution in [0.4, 0.5) is 17.6 Å². The molecule has 1 aromatic carbocycles. The van der Waals surface area contributed by atoms with Crippen molar-refractivity contribution in [3.63, 3.8) is 0 Å². The van der Waals surface area contributed by atoms with Crippen molar-refractivity contribution in [3.05, 3.63) is 35.1 Å². The Morgan fingerprint density at radius 1 is 1.30 bits per heavy atom. The zero-order valence-electron chi connectivity index (χ0n) is 10.4. The summed E-state index contributed by atoms with van der Waals surface area (Å²) in [7, 11) is 1.19. The lowest BCUT2D eigenvalue weighted by Crippen LogP contribution is -2.30. The molecule has 0 saturated carbocycles. The van der Waals surface area contributed by atoms with Gasteiger partial charge in [-0.15, -0.1) is 0 Å². The van der Waals surface area contributed by atoms with E-state index in [1.165, 1.54) is 7.05 Å². The number of nitrogens with zero attached hydrogens (tertiary/aromatic N) is 1. The molecule has 20 heavy (non-hydrogen) atoms. The molecule has 0 aromatic heterocycles. The molecule has 8 heteroatoms. The van der Waals surface area contributed by atoms with Gasteiger partial charge in [-0.2, -0.15) is 13.2 Å². The number of carboxylic acid groups (broad SMARTS) is 1. The van der Waals surface area contributed by atoms with Gasteiger partial charge in [-0.1, -0.05) is 0 Å². The average Bonchev–Trinajstić information content (AvgIpc) is 2.34. The molecule has 0 aliphatic rings. The van der Waals surface area contributed by atoms with E-state index < -0.39 is 35.0 Å². The second-order valence-electron chi connectivity index (χ2n) is 4.06. The van der Waals surface area contributed by atoms with Crippen molar-refractivity contribution in [2.24, 2.45) is 0 Å². The summed E-state index contributed by atoms with van der Waals surface area (Å²) in [6.07, 6.45) is -5.08. The van der Waals surface area contributed by atoms with Crippen LogP contribution in [0.5, 0.6) is 0 Å². The fourth-order valence-corrected chi connectivity index (χ4v) is 1.44. The van der Waals surface area contributed by atoms with E-state index in [1.807, 2.05) is 0 Å². The minimum absolute atomic E-state index is 0.232. The second kappa shape index (κ2) is 5.89. The fourth-order valence-electron chi connectivity index (χ4n) is 1.44. The summed E-state index contributed by atoms with van der Waals surface area (Å²) >= 11 is 0. The third-order valence-electron chi connectivity index (χ3n) is 2.53. The van der Waals surface area contributed by atoms with Gasteiger partial charge in [0.15, 0.2) is 0 Å². The number of amides is 1. The Morgan fingerprint density at radius 3 is 2.40 bits per heavy atom. The van der Waals surface area contributed by atoms with Crippen LogP contribution >= 0.6 is 0 Å².